The minimum atomic E-state index is -0.0182. The van der Waals surface area contributed by atoms with E-state index in [2.05, 4.69) is 40.1 Å². The van der Waals surface area contributed by atoms with Crippen LogP contribution in [-0.4, -0.2) is 69.1 Å². The molecule has 214 valence electrons. The summed E-state index contributed by atoms with van der Waals surface area (Å²) in [6, 6.07) is 8.59. The van der Waals surface area contributed by atoms with Gasteiger partial charge in [0.1, 0.15) is 0 Å². The van der Waals surface area contributed by atoms with E-state index in [-0.39, 0.29) is 17.6 Å². The number of aryl methyl sites for hydroxylation is 1. The number of nitrogens with one attached hydrogen (secondary N) is 3. The lowest BCUT2D eigenvalue weighted by Gasteiger charge is -2.42. The molecule has 3 saturated heterocycles. The molecule has 0 saturated carbocycles. The molecule has 40 heavy (non-hydrogen) atoms. The van der Waals surface area contributed by atoms with Gasteiger partial charge in [-0.05, 0) is 68.3 Å². The Kier molecular flexibility index (Phi) is 8.10. The SMILES string of the molecule is C[C@@H]1CCC[C@H](n2cnc(-c3cc(Cl)ccc3-c3cnn(C)c3)cc2=O)C2CC(CCN2)C2C(CNN2C)NC1. The monoisotopic (exact) mass is 564 g/mol. The standard InChI is InChI=1S/C30H41ClN8O/c1-19-5-4-6-28(26-11-20(9-10-32-26)30-27(33-14-19)16-36-38(30)3)39-18-34-25(13-29(39)40)24-12-22(31)7-8-23(24)21-15-35-37(2)17-21/h7-8,12-13,15,17-20,26-28,30,32-33,36H,4-6,9-11,14,16H2,1-3H3/t19-,20?,26?,27?,28+,30?/m1/s1. The zero-order chi connectivity index (χ0) is 27.8. The number of likely N-dealkylation sites (N-methyl/N-ethyl adjacent to an activating group) is 1. The van der Waals surface area contributed by atoms with E-state index in [1.807, 2.05) is 42.2 Å². The van der Waals surface area contributed by atoms with Crippen LogP contribution in [0.4, 0.5) is 0 Å². The highest BCUT2D eigenvalue weighted by molar-refractivity contribution is 6.31. The molecular weight excluding hydrogens is 524 g/mol. The van der Waals surface area contributed by atoms with Crippen molar-refractivity contribution >= 4 is 11.6 Å². The highest BCUT2D eigenvalue weighted by Crippen LogP contribution is 2.35. The van der Waals surface area contributed by atoms with Crippen LogP contribution >= 0.6 is 11.6 Å². The first-order valence-corrected chi connectivity index (χ1v) is 15.1. The maximum Gasteiger partial charge on any atom is 0.254 e. The van der Waals surface area contributed by atoms with E-state index in [4.69, 9.17) is 16.6 Å². The molecule has 0 radical (unpaired) electrons. The number of hydrazine groups is 1. The van der Waals surface area contributed by atoms with Gasteiger partial charge in [-0.25, -0.2) is 9.99 Å². The maximum absolute atomic E-state index is 13.8. The van der Waals surface area contributed by atoms with Gasteiger partial charge in [0.25, 0.3) is 5.56 Å². The second kappa shape index (κ2) is 11.7. The summed E-state index contributed by atoms with van der Waals surface area (Å²) in [7, 11) is 4.07. The molecule has 6 rings (SSSR count). The zero-order valence-electron chi connectivity index (χ0n) is 23.7. The Morgan fingerprint density at radius 3 is 2.70 bits per heavy atom. The van der Waals surface area contributed by atoms with Gasteiger partial charge < -0.3 is 10.6 Å². The van der Waals surface area contributed by atoms with E-state index in [1.54, 1.807) is 17.1 Å². The van der Waals surface area contributed by atoms with E-state index in [9.17, 15) is 4.79 Å². The van der Waals surface area contributed by atoms with Crippen molar-refractivity contribution < 1.29 is 0 Å². The number of hydrogen-bond acceptors (Lipinski definition) is 7. The summed E-state index contributed by atoms with van der Waals surface area (Å²) in [4.78, 5) is 18.7. The van der Waals surface area contributed by atoms with Gasteiger partial charge in [0.2, 0.25) is 0 Å². The second-order valence-corrected chi connectivity index (χ2v) is 12.5. The number of halogens is 1. The number of nitrogens with zero attached hydrogens (tertiary/aromatic N) is 5. The van der Waals surface area contributed by atoms with Crippen LogP contribution in [0.25, 0.3) is 22.4 Å². The van der Waals surface area contributed by atoms with Crippen LogP contribution in [0.3, 0.4) is 0 Å². The number of fused-ring (bicyclic) bond motifs is 4. The fourth-order valence-corrected chi connectivity index (χ4v) is 7.34. The zero-order valence-corrected chi connectivity index (χ0v) is 24.4. The van der Waals surface area contributed by atoms with Crippen LogP contribution in [0.1, 0.15) is 45.1 Å². The summed E-state index contributed by atoms with van der Waals surface area (Å²) in [5, 5.41) is 14.9. The number of benzene rings is 1. The van der Waals surface area contributed by atoms with Crippen molar-refractivity contribution in [3.8, 4) is 22.4 Å². The van der Waals surface area contributed by atoms with E-state index < -0.39 is 0 Å². The highest BCUT2D eigenvalue weighted by atomic mass is 35.5. The van der Waals surface area contributed by atoms with Crippen molar-refractivity contribution in [2.45, 2.75) is 63.2 Å². The van der Waals surface area contributed by atoms with E-state index in [0.717, 1.165) is 68.4 Å². The summed E-state index contributed by atoms with van der Waals surface area (Å²) in [5.41, 5.74) is 6.94. The number of piperidine rings is 1. The molecule has 9 nitrogen and oxygen atoms in total. The summed E-state index contributed by atoms with van der Waals surface area (Å²) in [5.74, 6) is 1.14. The first-order valence-electron chi connectivity index (χ1n) is 14.7. The average Bonchev–Trinajstić information content (AvgIpc) is 3.54. The molecule has 1 aromatic carbocycles. The highest BCUT2D eigenvalue weighted by Gasteiger charge is 2.41. The molecule has 5 heterocycles. The van der Waals surface area contributed by atoms with Crippen molar-refractivity contribution in [1.82, 2.24) is 40.4 Å². The lowest BCUT2D eigenvalue weighted by atomic mass is 9.80. The van der Waals surface area contributed by atoms with Crippen LogP contribution in [0.2, 0.25) is 5.02 Å². The van der Waals surface area contributed by atoms with Gasteiger partial charge >= 0.3 is 0 Å². The molecule has 0 aliphatic carbocycles. The molecule has 0 spiro atoms. The smallest absolute Gasteiger partial charge is 0.254 e. The maximum atomic E-state index is 13.8. The predicted octanol–water partition coefficient (Wildman–Crippen LogP) is 3.47. The van der Waals surface area contributed by atoms with Gasteiger partial charge in [0.05, 0.1) is 24.3 Å². The Bertz CT molecular complexity index is 1390. The van der Waals surface area contributed by atoms with Gasteiger partial charge in [0.15, 0.2) is 0 Å². The lowest BCUT2D eigenvalue weighted by Crippen LogP contribution is -2.54. The van der Waals surface area contributed by atoms with E-state index in [1.165, 1.54) is 0 Å². The van der Waals surface area contributed by atoms with Gasteiger partial charge in [0, 0.05) is 67.2 Å². The summed E-state index contributed by atoms with van der Waals surface area (Å²) in [6.45, 7) is 5.31. The number of rotatable bonds is 3. The van der Waals surface area contributed by atoms with Gasteiger partial charge in [-0.15, -0.1) is 0 Å². The molecule has 3 N–H and O–H groups in total. The normalized spacial score (nSPS) is 29.9. The minimum Gasteiger partial charge on any atom is -0.312 e. The fourth-order valence-electron chi connectivity index (χ4n) is 7.17. The molecule has 2 aromatic heterocycles. The Balaban J connectivity index is 1.33. The fraction of sp³-hybridized carbons (Fsp3) is 0.567. The van der Waals surface area contributed by atoms with E-state index in [0.29, 0.717) is 34.6 Å². The number of aromatic nitrogens is 4. The Morgan fingerprint density at radius 2 is 1.90 bits per heavy atom. The topological polar surface area (TPSA) is 92.0 Å². The van der Waals surface area contributed by atoms with Crippen LogP contribution in [0, 0.1) is 11.8 Å². The quantitative estimate of drug-likeness (QED) is 0.449. The minimum absolute atomic E-state index is 0.0182. The molecule has 2 bridgehead atoms. The van der Waals surface area contributed by atoms with Crippen molar-refractivity contribution in [2.75, 3.05) is 26.7 Å². The Hall–Kier alpha value is -2.56. The third-order valence-electron chi connectivity index (χ3n) is 9.24. The average molecular weight is 565 g/mol. The third kappa shape index (κ3) is 5.63. The molecule has 6 atom stereocenters. The molecule has 3 fully saturated rings. The van der Waals surface area contributed by atoms with Crippen molar-refractivity contribution in [1.29, 1.82) is 0 Å². The van der Waals surface area contributed by atoms with Crippen molar-refractivity contribution in [3.05, 3.63) is 58.4 Å². The molecule has 3 aliphatic heterocycles. The number of hydrogen-bond donors (Lipinski definition) is 3. The van der Waals surface area contributed by atoms with Crippen molar-refractivity contribution in [3.63, 3.8) is 0 Å². The van der Waals surface area contributed by atoms with Crippen LogP contribution < -0.4 is 21.6 Å². The summed E-state index contributed by atoms with van der Waals surface area (Å²) in [6.07, 6.45) is 10.9. The summed E-state index contributed by atoms with van der Waals surface area (Å²) >= 11 is 6.41. The summed E-state index contributed by atoms with van der Waals surface area (Å²) < 4.78 is 3.66. The van der Waals surface area contributed by atoms with Gasteiger partial charge in [-0.1, -0.05) is 31.0 Å². The Morgan fingerprint density at radius 1 is 1.02 bits per heavy atom. The molecule has 3 aromatic rings. The van der Waals surface area contributed by atoms with Gasteiger partial charge in [-0.3, -0.25) is 19.5 Å². The van der Waals surface area contributed by atoms with Crippen molar-refractivity contribution in [2.24, 2.45) is 18.9 Å². The second-order valence-electron chi connectivity index (χ2n) is 12.0. The van der Waals surface area contributed by atoms with Crippen LogP contribution in [-0.2, 0) is 7.05 Å². The van der Waals surface area contributed by atoms with Gasteiger partial charge in [-0.2, -0.15) is 5.10 Å². The molecule has 4 unspecified atom stereocenters. The third-order valence-corrected chi connectivity index (χ3v) is 9.47. The Labute approximate surface area is 241 Å². The molecule has 0 amide bonds. The lowest BCUT2D eigenvalue weighted by molar-refractivity contribution is 0.108. The largest absolute Gasteiger partial charge is 0.312 e. The molecular formula is C30H41ClN8O. The van der Waals surface area contributed by atoms with E-state index >= 15 is 0 Å². The van der Waals surface area contributed by atoms with Crippen LogP contribution in [0.15, 0.2) is 47.8 Å². The first-order chi connectivity index (χ1) is 19.4. The molecule has 10 heteroatoms. The predicted molar refractivity (Wildman–Crippen MR) is 159 cm³/mol. The first kappa shape index (κ1) is 27.6. The van der Waals surface area contributed by atoms with Crippen LogP contribution in [0.5, 0.6) is 0 Å². The molecule has 3 aliphatic rings.